The number of fused-ring (bicyclic) bond motifs is 1. The number of rotatable bonds is 11. The normalized spacial score (nSPS) is 12.1. The first-order valence-corrected chi connectivity index (χ1v) is 14.7. The van der Waals surface area contributed by atoms with Gasteiger partial charge in [0.1, 0.15) is 5.60 Å². The first kappa shape index (κ1) is 29.2. The summed E-state index contributed by atoms with van der Waals surface area (Å²) in [6.07, 6.45) is 2.66. The Hall–Kier alpha value is -3.76. The molecule has 8 nitrogen and oxygen atoms in total. The zero-order valence-electron chi connectivity index (χ0n) is 23.0. The third-order valence-electron chi connectivity index (χ3n) is 6.18. The second-order valence-electron chi connectivity index (χ2n) is 10.6. The molecule has 4 aromatic rings. The first-order valence-electron chi connectivity index (χ1n) is 13.2. The Bertz CT molecular complexity index is 1550. The molecule has 40 heavy (non-hydrogen) atoms. The van der Waals surface area contributed by atoms with E-state index in [0.29, 0.717) is 43.8 Å². The van der Waals surface area contributed by atoms with E-state index in [1.54, 1.807) is 54.7 Å². The Morgan fingerprint density at radius 1 is 0.975 bits per heavy atom. The topological polar surface area (TPSA) is 93.5 Å². The third-order valence-corrected chi connectivity index (χ3v) is 7.87. The van der Waals surface area contributed by atoms with E-state index in [2.05, 4.69) is 15.2 Å². The molecular formula is C30H35FN4O4S. The van der Waals surface area contributed by atoms with E-state index in [-0.39, 0.29) is 4.90 Å². The summed E-state index contributed by atoms with van der Waals surface area (Å²) in [6, 6.07) is 20.4. The molecule has 2 aromatic heterocycles. The van der Waals surface area contributed by atoms with Crippen LogP contribution in [-0.2, 0) is 27.8 Å². The van der Waals surface area contributed by atoms with Gasteiger partial charge in [-0.25, -0.2) is 22.2 Å². The quantitative estimate of drug-likeness (QED) is 0.184. The number of unbranched alkanes of at least 4 members (excludes halogenated alkanes) is 1. The van der Waals surface area contributed by atoms with Crippen LogP contribution < -0.4 is 5.32 Å². The van der Waals surface area contributed by atoms with Crippen LogP contribution >= 0.6 is 0 Å². The van der Waals surface area contributed by atoms with Gasteiger partial charge in [0.25, 0.3) is 10.0 Å². The summed E-state index contributed by atoms with van der Waals surface area (Å²) in [4.78, 5) is 18.3. The molecule has 0 aliphatic rings. The number of hydrogen-bond donors (Lipinski definition) is 1. The maximum absolute atomic E-state index is 13.8. The molecule has 0 atom stereocenters. The minimum Gasteiger partial charge on any atom is -0.444 e. The smallest absolute Gasteiger partial charge is 0.407 e. The van der Waals surface area contributed by atoms with Gasteiger partial charge in [-0.15, -0.1) is 0 Å². The van der Waals surface area contributed by atoms with Crippen LogP contribution in [0.15, 0.2) is 83.9 Å². The summed E-state index contributed by atoms with van der Waals surface area (Å²) in [6.45, 7) is 7.32. The van der Waals surface area contributed by atoms with Crippen LogP contribution in [0.1, 0.15) is 44.9 Å². The van der Waals surface area contributed by atoms with Gasteiger partial charge in [-0.3, -0.25) is 4.90 Å². The molecule has 1 N–H and O–H groups in total. The van der Waals surface area contributed by atoms with E-state index >= 15 is 0 Å². The molecule has 0 spiro atoms. The molecule has 212 valence electrons. The lowest BCUT2D eigenvalue weighted by Gasteiger charge is -2.22. The molecule has 0 saturated carbocycles. The number of ether oxygens (including phenoxy) is 1. The second kappa shape index (κ2) is 12.6. The highest BCUT2D eigenvalue weighted by Crippen LogP contribution is 2.27. The zero-order valence-corrected chi connectivity index (χ0v) is 23.8. The standard InChI is InChI=1S/C30H35FN4O4S/c1-30(2,3)39-29(36)32-18-9-10-19-34(22-24-12-11-17-28(31)33-24)20-23-21-35(27-16-8-7-15-26(23)27)40(37,38)25-13-5-4-6-14-25/h4-8,11-17,21H,9-10,18-20,22H2,1-3H3,(H,32,36). The Balaban J connectivity index is 1.54. The molecule has 0 bridgehead atoms. The summed E-state index contributed by atoms with van der Waals surface area (Å²) in [5.41, 5.74) is 1.43. The lowest BCUT2D eigenvalue weighted by Crippen LogP contribution is -2.33. The van der Waals surface area contributed by atoms with Crippen molar-refractivity contribution in [3.8, 4) is 0 Å². The lowest BCUT2D eigenvalue weighted by atomic mass is 10.1. The highest BCUT2D eigenvalue weighted by molar-refractivity contribution is 7.90. The van der Waals surface area contributed by atoms with Gasteiger partial charge in [0.15, 0.2) is 0 Å². The SMILES string of the molecule is CC(C)(C)OC(=O)NCCCCN(Cc1cccc(F)n1)Cc1cn(S(=O)(=O)c2ccccc2)c2ccccc12. The molecule has 0 saturated heterocycles. The monoisotopic (exact) mass is 566 g/mol. The summed E-state index contributed by atoms with van der Waals surface area (Å²) < 4.78 is 47.5. The number of carbonyl (C=O) groups excluding carboxylic acids is 1. The average Bonchev–Trinajstić information content (AvgIpc) is 3.27. The average molecular weight is 567 g/mol. The molecular weight excluding hydrogens is 531 g/mol. The molecule has 2 aromatic carbocycles. The summed E-state index contributed by atoms with van der Waals surface area (Å²) in [7, 11) is -3.81. The summed E-state index contributed by atoms with van der Waals surface area (Å²) >= 11 is 0. The first-order chi connectivity index (χ1) is 19.0. The van der Waals surface area contributed by atoms with Crippen molar-refractivity contribution in [2.75, 3.05) is 13.1 Å². The molecule has 0 fully saturated rings. The van der Waals surface area contributed by atoms with Gasteiger partial charge in [0.2, 0.25) is 5.95 Å². The molecule has 2 heterocycles. The van der Waals surface area contributed by atoms with Crippen LogP contribution in [0.4, 0.5) is 9.18 Å². The Kier molecular flexibility index (Phi) is 9.21. The number of nitrogens with one attached hydrogen (secondary N) is 1. The van der Waals surface area contributed by atoms with Crippen LogP contribution in [0.3, 0.4) is 0 Å². The Morgan fingerprint density at radius 3 is 2.42 bits per heavy atom. The number of carbonyl (C=O) groups is 1. The van der Waals surface area contributed by atoms with E-state index in [9.17, 15) is 17.6 Å². The van der Waals surface area contributed by atoms with Crippen molar-refractivity contribution in [1.82, 2.24) is 19.2 Å². The fourth-order valence-corrected chi connectivity index (χ4v) is 5.85. The van der Waals surface area contributed by atoms with Gasteiger partial charge in [-0.05, 0) is 76.1 Å². The Labute approximate surface area is 234 Å². The number of alkyl carbamates (subject to hydrolysis) is 1. The van der Waals surface area contributed by atoms with Crippen molar-refractivity contribution in [3.63, 3.8) is 0 Å². The predicted octanol–water partition coefficient (Wildman–Crippen LogP) is 5.72. The molecule has 0 aliphatic carbocycles. The van der Waals surface area contributed by atoms with Crippen LogP contribution in [0.25, 0.3) is 10.9 Å². The molecule has 1 amide bonds. The van der Waals surface area contributed by atoms with Crippen molar-refractivity contribution in [1.29, 1.82) is 0 Å². The molecule has 10 heteroatoms. The number of pyridine rings is 1. The fourth-order valence-electron chi connectivity index (χ4n) is 4.44. The maximum atomic E-state index is 13.8. The van der Waals surface area contributed by atoms with E-state index in [1.165, 1.54) is 10.0 Å². The maximum Gasteiger partial charge on any atom is 0.407 e. The summed E-state index contributed by atoms with van der Waals surface area (Å²) in [5, 5.41) is 3.59. The van der Waals surface area contributed by atoms with E-state index in [4.69, 9.17) is 4.74 Å². The number of amides is 1. The van der Waals surface area contributed by atoms with Gasteiger partial charge in [-0.2, -0.15) is 4.39 Å². The predicted molar refractivity (Wildman–Crippen MR) is 153 cm³/mol. The van der Waals surface area contributed by atoms with Crippen LogP contribution in [-0.4, -0.2) is 47.1 Å². The van der Waals surface area contributed by atoms with Gasteiger partial charge < -0.3 is 10.1 Å². The molecule has 0 aliphatic heterocycles. The number of nitrogens with zero attached hydrogens (tertiary/aromatic N) is 3. The number of aromatic nitrogens is 2. The number of hydrogen-bond acceptors (Lipinski definition) is 6. The highest BCUT2D eigenvalue weighted by atomic mass is 32.2. The Morgan fingerprint density at radius 2 is 1.70 bits per heavy atom. The van der Waals surface area contributed by atoms with Gasteiger partial charge in [0, 0.05) is 31.2 Å². The van der Waals surface area contributed by atoms with E-state index < -0.39 is 27.7 Å². The van der Waals surface area contributed by atoms with Gasteiger partial charge in [-0.1, -0.05) is 42.5 Å². The van der Waals surface area contributed by atoms with Crippen LogP contribution in [0, 0.1) is 5.95 Å². The third kappa shape index (κ3) is 7.67. The van der Waals surface area contributed by atoms with Crippen LogP contribution in [0.5, 0.6) is 0 Å². The van der Waals surface area contributed by atoms with Crippen molar-refractivity contribution >= 4 is 27.0 Å². The largest absolute Gasteiger partial charge is 0.444 e. The van der Waals surface area contributed by atoms with Crippen molar-refractivity contribution in [3.05, 3.63) is 96.2 Å². The fraction of sp³-hybridized carbons (Fsp3) is 0.333. The van der Waals surface area contributed by atoms with E-state index in [1.807, 2.05) is 39.0 Å². The van der Waals surface area contributed by atoms with Gasteiger partial charge in [0.05, 0.1) is 16.1 Å². The van der Waals surface area contributed by atoms with Crippen LogP contribution in [0.2, 0.25) is 0 Å². The minimum absolute atomic E-state index is 0.209. The molecule has 4 rings (SSSR count). The number of halogens is 1. The molecule has 0 unspecified atom stereocenters. The number of benzene rings is 2. The van der Waals surface area contributed by atoms with Crippen molar-refractivity contribution < 1.29 is 22.3 Å². The minimum atomic E-state index is -3.81. The number of para-hydroxylation sites is 1. The van der Waals surface area contributed by atoms with Gasteiger partial charge >= 0.3 is 6.09 Å². The van der Waals surface area contributed by atoms with Crippen molar-refractivity contribution in [2.45, 2.75) is 57.2 Å². The summed E-state index contributed by atoms with van der Waals surface area (Å²) in [5.74, 6) is -0.551. The highest BCUT2D eigenvalue weighted by Gasteiger charge is 2.22. The zero-order chi connectivity index (χ0) is 28.8. The lowest BCUT2D eigenvalue weighted by molar-refractivity contribution is 0.0526. The molecule has 0 radical (unpaired) electrons. The second-order valence-corrected chi connectivity index (χ2v) is 12.4. The van der Waals surface area contributed by atoms with Crippen molar-refractivity contribution in [2.24, 2.45) is 0 Å². The van der Waals surface area contributed by atoms with E-state index in [0.717, 1.165) is 17.4 Å².